The Bertz CT molecular complexity index is 830. The van der Waals surface area contributed by atoms with Crippen LogP contribution in [0.2, 0.25) is 0 Å². The van der Waals surface area contributed by atoms with Gasteiger partial charge in [-0.05, 0) is 23.3 Å². The highest BCUT2D eigenvalue weighted by atomic mass is 16.5. The summed E-state index contributed by atoms with van der Waals surface area (Å²) in [6, 6.07) is 11.2. The molecule has 160 valence electrons. The Balaban J connectivity index is 1.31. The highest BCUT2D eigenvalue weighted by molar-refractivity contribution is 5.94. The number of rotatable bonds is 9. The van der Waals surface area contributed by atoms with Crippen molar-refractivity contribution in [2.45, 2.75) is 13.1 Å². The number of benzene rings is 1. The second-order valence-electron chi connectivity index (χ2n) is 6.92. The average molecular weight is 414 g/mol. The first kappa shape index (κ1) is 21.5. The quantitative estimate of drug-likeness (QED) is 0.543. The number of nitrogens with zero attached hydrogens (tertiary/aromatic N) is 1. The third kappa shape index (κ3) is 7.02. The molecule has 2 aromatic rings. The zero-order valence-corrected chi connectivity index (χ0v) is 16.7. The van der Waals surface area contributed by atoms with Crippen LogP contribution in [-0.2, 0) is 27.4 Å². The van der Waals surface area contributed by atoms with Gasteiger partial charge in [0.25, 0.3) is 5.91 Å². The fraction of sp³-hybridized carbons (Fsp3) is 0.381. The van der Waals surface area contributed by atoms with Crippen LogP contribution in [0.4, 0.5) is 0 Å². The van der Waals surface area contributed by atoms with E-state index in [4.69, 9.17) is 9.15 Å². The van der Waals surface area contributed by atoms with E-state index in [1.54, 1.807) is 6.07 Å². The standard InChI is InChI=1S/C21H26N4O5/c26-19(13-23-20(27)14-24-21(28)18-2-1-9-30-18)22-12-16-3-5-17(6-4-16)15-25-7-10-29-11-8-25/h1-6,9H,7-8,10-15H2,(H,22,26)(H,23,27)(H,24,28). The largest absolute Gasteiger partial charge is 0.459 e. The number of ether oxygens (including phenoxy) is 1. The van der Waals surface area contributed by atoms with E-state index < -0.39 is 11.8 Å². The second kappa shape index (κ2) is 11.1. The Morgan fingerprint density at radius 3 is 2.23 bits per heavy atom. The first-order chi connectivity index (χ1) is 14.6. The van der Waals surface area contributed by atoms with E-state index in [1.807, 2.05) is 12.1 Å². The molecule has 1 fully saturated rings. The fourth-order valence-corrected chi connectivity index (χ4v) is 2.94. The smallest absolute Gasteiger partial charge is 0.287 e. The lowest BCUT2D eigenvalue weighted by Gasteiger charge is -2.26. The molecule has 0 spiro atoms. The molecular formula is C21H26N4O5. The molecule has 1 aliphatic heterocycles. The highest BCUT2D eigenvalue weighted by Crippen LogP contribution is 2.09. The van der Waals surface area contributed by atoms with Crippen LogP contribution in [0.15, 0.2) is 47.1 Å². The van der Waals surface area contributed by atoms with Crippen molar-refractivity contribution in [3.63, 3.8) is 0 Å². The molecular weight excluding hydrogens is 388 g/mol. The molecule has 0 saturated carbocycles. The van der Waals surface area contributed by atoms with Crippen LogP contribution in [0.5, 0.6) is 0 Å². The van der Waals surface area contributed by atoms with Crippen molar-refractivity contribution in [3.8, 4) is 0 Å². The Morgan fingerprint density at radius 2 is 1.53 bits per heavy atom. The number of nitrogens with one attached hydrogen (secondary N) is 3. The minimum absolute atomic E-state index is 0.122. The van der Waals surface area contributed by atoms with Crippen LogP contribution >= 0.6 is 0 Å². The molecule has 9 heteroatoms. The number of carbonyl (C=O) groups is 3. The van der Waals surface area contributed by atoms with Gasteiger partial charge in [0.05, 0.1) is 32.6 Å². The first-order valence-electron chi connectivity index (χ1n) is 9.83. The van der Waals surface area contributed by atoms with E-state index in [2.05, 4.69) is 33.0 Å². The van der Waals surface area contributed by atoms with Crippen LogP contribution < -0.4 is 16.0 Å². The number of morpholine rings is 1. The summed E-state index contributed by atoms with van der Waals surface area (Å²) in [5.74, 6) is -1.14. The van der Waals surface area contributed by atoms with Gasteiger partial charge in [0, 0.05) is 26.2 Å². The van der Waals surface area contributed by atoms with Crippen molar-refractivity contribution in [2.24, 2.45) is 0 Å². The predicted octanol–water partition coefficient (Wildman–Crippen LogP) is 0.274. The summed E-state index contributed by atoms with van der Waals surface area (Å²) in [4.78, 5) is 37.7. The van der Waals surface area contributed by atoms with Crippen LogP contribution in [0.25, 0.3) is 0 Å². The molecule has 1 aliphatic rings. The summed E-state index contributed by atoms with van der Waals surface area (Å²) in [6.45, 7) is 4.29. The van der Waals surface area contributed by atoms with Crippen LogP contribution in [-0.4, -0.2) is 62.0 Å². The Labute approximate surface area is 174 Å². The van der Waals surface area contributed by atoms with Crippen molar-refractivity contribution in [2.75, 3.05) is 39.4 Å². The van der Waals surface area contributed by atoms with Gasteiger partial charge in [-0.2, -0.15) is 0 Å². The molecule has 0 radical (unpaired) electrons. The molecule has 3 N–H and O–H groups in total. The topological polar surface area (TPSA) is 113 Å². The molecule has 0 unspecified atom stereocenters. The van der Waals surface area contributed by atoms with E-state index in [-0.39, 0.29) is 24.8 Å². The normalized spacial score (nSPS) is 14.1. The molecule has 3 amide bonds. The van der Waals surface area contributed by atoms with Gasteiger partial charge in [0.2, 0.25) is 11.8 Å². The van der Waals surface area contributed by atoms with Gasteiger partial charge in [-0.1, -0.05) is 24.3 Å². The van der Waals surface area contributed by atoms with Crippen molar-refractivity contribution in [1.82, 2.24) is 20.9 Å². The predicted molar refractivity (Wildman–Crippen MR) is 108 cm³/mol. The molecule has 0 aliphatic carbocycles. The minimum Gasteiger partial charge on any atom is -0.459 e. The van der Waals surface area contributed by atoms with Crippen molar-refractivity contribution in [3.05, 3.63) is 59.5 Å². The van der Waals surface area contributed by atoms with Crippen LogP contribution in [0.3, 0.4) is 0 Å². The van der Waals surface area contributed by atoms with E-state index in [0.29, 0.717) is 6.54 Å². The zero-order chi connectivity index (χ0) is 21.2. The van der Waals surface area contributed by atoms with E-state index >= 15 is 0 Å². The molecule has 30 heavy (non-hydrogen) atoms. The van der Waals surface area contributed by atoms with Gasteiger partial charge in [-0.15, -0.1) is 0 Å². The number of hydrogen-bond donors (Lipinski definition) is 3. The van der Waals surface area contributed by atoms with Gasteiger partial charge in [-0.25, -0.2) is 0 Å². The van der Waals surface area contributed by atoms with E-state index in [0.717, 1.165) is 38.4 Å². The Kier molecular flexibility index (Phi) is 7.99. The van der Waals surface area contributed by atoms with Gasteiger partial charge in [0.1, 0.15) is 0 Å². The third-order valence-corrected chi connectivity index (χ3v) is 4.62. The fourth-order valence-electron chi connectivity index (χ4n) is 2.94. The Morgan fingerprint density at radius 1 is 0.867 bits per heavy atom. The second-order valence-corrected chi connectivity index (χ2v) is 6.92. The molecule has 0 bridgehead atoms. The summed E-state index contributed by atoms with van der Waals surface area (Å²) in [5.41, 5.74) is 2.20. The van der Waals surface area contributed by atoms with Crippen molar-refractivity contribution >= 4 is 17.7 Å². The summed E-state index contributed by atoms with van der Waals surface area (Å²) in [5, 5.41) is 7.64. The lowest BCUT2D eigenvalue weighted by Crippen LogP contribution is -2.41. The maximum Gasteiger partial charge on any atom is 0.287 e. The van der Waals surface area contributed by atoms with Gasteiger partial charge in [-0.3, -0.25) is 19.3 Å². The molecule has 3 rings (SSSR count). The number of carbonyl (C=O) groups excluding carboxylic acids is 3. The van der Waals surface area contributed by atoms with Crippen molar-refractivity contribution in [1.29, 1.82) is 0 Å². The number of furan rings is 1. The molecule has 1 aromatic heterocycles. The maximum absolute atomic E-state index is 11.9. The molecule has 1 saturated heterocycles. The summed E-state index contributed by atoms with van der Waals surface area (Å²) < 4.78 is 10.3. The minimum atomic E-state index is -0.489. The lowest BCUT2D eigenvalue weighted by molar-refractivity contribution is -0.125. The van der Waals surface area contributed by atoms with Crippen LogP contribution in [0.1, 0.15) is 21.7 Å². The van der Waals surface area contributed by atoms with Gasteiger partial charge in [0.15, 0.2) is 5.76 Å². The summed E-state index contributed by atoms with van der Waals surface area (Å²) in [7, 11) is 0. The Hall–Kier alpha value is -3.17. The maximum atomic E-state index is 11.9. The molecule has 0 atom stereocenters. The van der Waals surface area contributed by atoms with E-state index in [9.17, 15) is 14.4 Å². The molecule has 9 nitrogen and oxygen atoms in total. The summed E-state index contributed by atoms with van der Waals surface area (Å²) in [6.07, 6.45) is 1.37. The highest BCUT2D eigenvalue weighted by Gasteiger charge is 2.12. The van der Waals surface area contributed by atoms with Gasteiger partial charge < -0.3 is 25.1 Å². The third-order valence-electron chi connectivity index (χ3n) is 4.62. The summed E-state index contributed by atoms with van der Waals surface area (Å²) >= 11 is 0. The number of hydrogen-bond acceptors (Lipinski definition) is 6. The van der Waals surface area contributed by atoms with E-state index in [1.165, 1.54) is 17.9 Å². The monoisotopic (exact) mass is 414 g/mol. The average Bonchev–Trinajstić information content (AvgIpc) is 3.31. The van der Waals surface area contributed by atoms with Crippen LogP contribution in [0, 0.1) is 0 Å². The SMILES string of the molecule is O=C(CNC(=O)CNC(=O)c1ccco1)NCc1ccc(CN2CCOCC2)cc1. The van der Waals surface area contributed by atoms with Gasteiger partial charge >= 0.3 is 0 Å². The number of amides is 3. The van der Waals surface area contributed by atoms with Crippen molar-refractivity contribution < 1.29 is 23.5 Å². The zero-order valence-electron chi connectivity index (χ0n) is 16.7. The molecule has 2 heterocycles. The molecule has 1 aromatic carbocycles. The first-order valence-corrected chi connectivity index (χ1v) is 9.83. The lowest BCUT2D eigenvalue weighted by atomic mass is 10.1.